The lowest BCUT2D eigenvalue weighted by atomic mass is 10.1. The number of hydrogen-bond acceptors (Lipinski definition) is 2. The molecule has 2 saturated carbocycles. The summed E-state index contributed by atoms with van der Waals surface area (Å²) in [6.07, 6.45) is 4.97. The first-order chi connectivity index (χ1) is 9.13. The number of rotatable bonds is 5. The molecule has 0 bridgehead atoms. The van der Waals surface area contributed by atoms with E-state index < -0.39 is 0 Å². The molecular formula is C15H18INO2. The fraction of sp³-hybridized carbons (Fsp3) is 0.533. The number of benzene rings is 1. The molecule has 1 aromatic carbocycles. The average Bonchev–Trinajstić information content (AvgIpc) is 3.25. The van der Waals surface area contributed by atoms with E-state index in [1.54, 1.807) is 12.1 Å². The molecule has 19 heavy (non-hydrogen) atoms. The van der Waals surface area contributed by atoms with E-state index in [9.17, 15) is 9.90 Å². The van der Waals surface area contributed by atoms with Crippen LogP contribution in [-0.4, -0.2) is 29.0 Å². The van der Waals surface area contributed by atoms with Gasteiger partial charge in [0, 0.05) is 16.7 Å². The van der Waals surface area contributed by atoms with E-state index in [-0.39, 0.29) is 11.7 Å². The third-order valence-electron chi connectivity index (χ3n) is 3.83. The van der Waals surface area contributed by atoms with Gasteiger partial charge in [0.2, 0.25) is 0 Å². The van der Waals surface area contributed by atoms with Gasteiger partial charge in [0.1, 0.15) is 5.75 Å². The maximum atomic E-state index is 12.6. The van der Waals surface area contributed by atoms with Crippen LogP contribution in [0, 0.1) is 15.4 Å². The molecular weight excluding hydrogens is 353 g/mol. The molecule has 2 fully saturated rings. The number of amides is 1. The Kier molecular flexibility index (Phi) is 3.69. The van der Waals surface area contributed by atoms with Gasteiger partial charge in [-0.05, 0) is 78.3 Å². The Hall–Kier alpha value is -0.780. The van der Waals surface area contributed by atoms with E-state index in [4.69, 9.17) is 0 Å². The predicted octanol–water partition coefficient (Wildman–Crippen LogP) is 3.26. The maximum Gasteiger partial charge on any atom is 0.257 e. The second-order valence-corrected chi connectivity index (χ2v) is 7.00. The SMILES string of the molecule is O=C(c1cc(I)ccc1O)N(CC1CC1)CC1CC1. The molecule has 2 aliphatic rings. The first-order valence-electron chi connectivity index (χ1n) is 6.91. The average molecular weight is 371 g/mol. The summed E-state index contributed by atoms with van der Waals surface area (Å²) in [6, 6.07) is 5.21. The maximum absolute atomic E-state index is 12.6. The minimum absolute atomic E-state index is 0.00480. The van der Waals surface area contributed by atoms with Crippen molar-refractivity contribution < 1.29 is 9.90 Å². The topological polar surface area (TPSA) is 40.5 Å². The summed E-state index contributed by atoms with van der Waals surface area (Å²) in [6.45, 7) is 1.72. The number of phenols is 1. The van der Waals surface area contributed by atoms with Crippen molar-refractivity contribution in [3.05, 3.63) is 27.3 Å². The number of halogens is 1. The van der Waals surface area contributed by atoms with Gasteiger partial charge in [-0.25, -0.2) is 0 Å². The van der Waals surface area contributed by atoms with Crippen molar-refractivity contribution in [2.45, 2.75) is 25.7 Å². The van der Waals surface area contributed by atoms with Gasteiger partial charge < -0.3 is 10.0 Å². The van der Waals surface area contributed by atoms with Crippen molar-refractivity contribution in [2.24, 2.45) is 11.8 Å². The normalized spacial score (nSPS) is 18.4. The van der Waals surface area contributed by atoms with Crippen LogP contribution in [0.4, 0.5) is 0 Å². The van der Waals surface area contributed by atoms with Gasteiger partial charge in [0.25, 0.3) is 5.91 Å². The summed E-state index contributed by atoms with van der Waals surface area (Å²) >= 11 is 2.17. The molecule has 0 saturated heterocycles. The van der Waals surface area contributed by atoms with Crippen LogP contribution in [-0.2, 0) is 0 Å². The zero-order chi connectivity index (χ0) is 13.4. The van der Waals surface area contributed by atoms with Crippen LogP contribution in [0.3, 0.4) is 0 Å². The van der Waals surface area contributed by atoms with Crippen LogP contribution in [0.15, 0.2) is 18.2 Å². The van der Waals surface area contributed by atoms with Gasteiger partial charge in [0.15, 0.2) is 0 Å². The van der Waals surface area contributed by atoms with Crippen LogP contribution < -0.4 is 0 Å². The molecule has 1 aromatic rings. The summed E-state index contributed by atoms with van der Waals surface area (Å²) in [5, 5.41) is 9.90. The molecule has 1 amide bonds. The van der Waals surface area contributed by atoms with E-state index in [0.29, 0.717) is 17.4 Å². The predicted molar refractivity (Wildman–Crippen MR) is 82.2 cm³/mol. The summed E-state index contributed by atoms with van der Waals surface area (Å²) in [5.41, 5.74) is 0.452. The molecule has 3 nitrogen and oxygen atoms in total. The molecule has 1 N–H and O–H groups in total. The quantitative estimate of drug-likeness (QED) is 0.808. The van der Waals surface area contributed by atoms with Gasteiger partial charge in [0.05, 0.1) is 5.56 Å². The second kappa shape index (κ2) is 5.31. The lowest BCUT2D eigenvalue weighted by Crippen LogP contribution is -2.34. The third-order valence-corrected chi connectivity index (χ3v) is 4.50. The molecule has 3 rings (SSSR count). The molecule has 0 unspecified atom stereocenters. The largest absolute Gasteiger partial charge is 0.507 e. The molecule has 0 aliphatic heterocycles. The molecule has 102 valence electrons. The molecule has 0 atom stereocenters. The number of nitrogens with zero attached hydrogens (tertiary/aromatic N) is 1. The van der Waals surface area contributed by atoms with Crippen LogP contribution in [0.2, 0.25) is 0 Å². The Morgan fingerprint density at radius 3 is 2.32 bits per heavy atom. The highest BCUT2D eigenvalue weighted by Gasteiger charge is 2.32. The van der Waals surface area contributed by atoms with Gasteiger partial charge in [-0.15, -0.1) is 0 Å². The van der Waals surface area contributed by atoms with E-state index >= 15 is 0 Å². The molecule has 0 heterocycles. The minimum atomic E-state index is -0.00480. The van der Waals surface area contributed by atoms with Gasteiger partial charge in [-0.2, -0.15) is 0 Å². The zero-order valence-corrected chi connectivity index (χ0v) is 13.0. The highest BCUT2D eigenvalue weighted by molar-refractivity contribution is 14.1. The van der Waals surface area contributed by atoms with Crippen molar-refractivity contribution in [3.8, 4) is 5.75 Å². The standard InChI is InChI=1S/C15H18INO2/c16-12-5-6-14(18)13(7-12)15(19)17(8-10-1-2-10)9-11-3-4-11/h5-7,10-11,18H,1-4,8-9H2. The van der Waals surface area contributed by atoms with Crippen LogP contribution in [0.1, 0.15) is 36.0 Å². The number of hydrogen-bond donors (Lipinski definition) is 1. The lowest BCUT2D eigenvalue weighted by Gasteiger charge is -2.23. The smallest absolute Gasteiger partial charge is 0.257 e. The molecule has 0 aromatic heterocycles. The van der Waals surface area contributed by atoms with Gasteiger partial charge in [-0.1, -0.05) is 0 Å². The Balaban J connectivity index is 1.78. The second-order valence-electron chi connectivity index (χ2n) is 5.76. The number of aromatic hydroxyl groups is 1. The Bertz CT molecular complexity index is 481. The van der Waals surface area contributed by atoms with Crippen molar-refractivity contribution in [1.82, 2.24) is 4.90 Å². The van der Waals surface area contributed by atoms with Crippen LogP contribution in [0.5, 0.6) is 5.75 Å². The van der Waals surface area contributed by atoms with Crippen molar-refractivity contribution in [3.63, 3.8) is 0 Å². The highest BCUT2D eigenvalue weighted by atomic mass is 127. The van der Waals surface area contributed by atoms with Gasteiger partial charge >= 0.3 is 0 Å². The van der Waals surface area contributed by atoms with Gasteiger partial charge in [-0.3, -0.25) is 4.79 Å². The number of phenolic OH excluding ortho intramolecular Hbond substituents is 1. The van der Waals surface area contributed by atoms with Crippen molar-refractivity contribution in [2.75, 3.05) is 13.1 Å². The molecule has 0 radical (unpaired) electrons. The van der Waals surface area contributed by atoms with E-state index in [1.807, 2.05) is 11.0 Å². The van der Waals surface area contributed by atoms with Crippen LogP contribution >= 0.6 is 22.6 Å². The summed E-state index contributed by atoms with van der Waals surface area (Å²) < 4.78 is 0.983. The summed E-state index contributed by atoms with van der Waals surface area (Å²) in [7, 11) is 0. The molecule has 0 spiro atoms. The Morgan fingerprint density at radius 2 is 1.79 bits per heavy atom. The number of carbonyl (C=O) groups excluding carboxylic acids is 1. The number of carbonyl (C=O) groups is 1. The fourth-order valence-electron chi connectivity index (χ4n) is 2.31. The van der Waals surface area contributed by atoms with Crippen molar-refractivity contribution in [1.29, 1.82) is 0 Å². The molecule has 4 heteroatoms. The van der Waals surface area contributed by atoms with Crippen molar-refractivity contribution >= 4 is 28.5 Å². The third kappa shape index (κ3) is 3.41. The zero-order valence-electron chi connectivity index (χ0n) is 10.8. The van der Waals surface area contributed by atoms with E-state index in [0.717, 1.165) is 16.7 Å². The fourth-order valence-corrected chi connectivity index (χ4v) is 2.81. The summed E-state index contributed by atoms with van der Waals surface area (Å²) in [5.74, 6) is 1.47. The van der Waals surface area contributed by atoms with Crippen LogP contribution in [0.25, 0.3) is 0 Å². The van der Waals surface area contributed by atoms with E-state index in [2.05, 4.69) is 22.6 Å². The first kappa shape index (κ1) is 13.2. The Morgan fingerprint density at radius 1 is 1.21 bits per heavy atom. The minimum Gasteiger partial charge on any atom is -0.507 e. The lowest BCUT2D eigenvalue weighted by molar-refractivity contribution is 0.0736. The summed E-state index contributed by atoms with van der Waals surface area (Å²) in [4.78, 5) is 14.6. The highest BCUT2D eigenvalue weighted by Crippen LogP contribution is 2.35. The van der Waals surface area contributed by atoms with E-state index in [1.165, 1.54) is 25.7 Å². The molecule has 2 aliphatic carbocycles. The first-order valence-corrected chi connectivity index (χ1v) is 7.99. The Labute approximate surface area is 127 Å². The monoisotopic (exact) mass is 371 g/mol.